The Kier molecular flexibility index (Phi) is 4.28. The van der Waals surface area contributed by atoms with E-state index in [1.54, 1.807) is 36.3 Å². The third-order valence-electron chi connectivity index (χ3n) is 3.92. The van der Waals surface area contributed by atoms with Crippen LogP contribution in [0.1, 0.15) is 15.9 Å². The van der Waals surface area contributed by atoms with E-state index in [-0.39, 0.29) is 18.4 Å². The maximum Gasteiger partial charge on any atom is 0.251 e. The van der Waals surface area contributed by atoms with Crippen LogP contribution in [0.4, 0.5) is 5.69 Å². The molecule has 1 aliphatic heterocycles. The predicted octanol–water partition coefficient (Wildman–Crippen LogP) is 2.01. The van der Waals surface area contributed by atoms with Gasteiger partial charge in [0.2, 0.25) is 5.91 Å². The Labute approximate surface area is 134 Å². The van der Waals surface area contributed by atoms with Crippen molar-refractivity contribution in [1.82, 2.24) is 5.32 Å². The number of hydrogen-bond donors (Lipinski definition) is 1. The maximum absolute atomic E-state index is 12.4. The van der Waals surface area contributed by atoms with E-state index in [4.69, 9.17) is 4.74 Å². The molecule has 0 bridgehead atoms. The standard InChI is InChI=1S/C18H18N2O3/c1-23-15-7-8-16-14(11-15)9-10-20(16)17(21)12-19-18(22)13-5-3-2-4-6-13/h2-8,11H,9-10,12H2,1H3,(H,19,22). The first-order chi connectivity index (χ1) is 11.2. The normalized spacial score (nSPS) is 12.7. The summed E-state index contributed by atoms with van der Waals surface area (Å²) in [5, 5.41) is 2.67. The zero-order valence-corrected chi connectivity index (χ0v) is 12.9. The summed E-state index contributed by atoms with van der Waals surface area (Å²) in [5.41, 5.74) is 2.53. The van der Waals surface area contributed by atoms with E-state index in [0.29, 0.717) is 12.1 Å². The Balaban J connectivity index is 1.63. The SMILES string of the molecule is COc1ccc2c(c1)CCN2C(=O)CNC(=O)c1ccccc1. The second kappa shape index (κ2) is 6.52. The zero-order valence-electron chi connectivity index (χ0n) is 12.9. The van der Waals surface area contributed by atoms with Crippen molar-refractivity contribution in [3.8, 4) is 5.75 Å². The van der Waals surface area contributed by atoms with Gasteiger partial charge in [-0.3, -0.25) is 9.59 Å². The minimum Gasteiger partial charge on any atom is -0.497 e. The molecule has 1 aliphatic rings. The average Bonchev–Trinajstić information content (AvgIpc) is 3.03. The van der Waals surface area contributed by atoms with Gasteiger partial charge in [-0.15, -0.1) is 0 Å². The molecule has 5 heteroatoms. The van der Waals surface area contributed by atoms with Crippen molar-refractivity contribution in [1.29, 1.82) is 0 Å². The summed E-state index contributed by atoms with van der Waals surface area (Å²) in [4.78, 5) is 26.1. The smallest absolute Gasteiger partial charge is 0.251 e. The van der Waals surface area contributed by atoms with Gasteiger partial charge in [-0.2, -0.15) is 0 Å². The topological polar surface area (TPSA) is 58.6 Å². The van der Waals surface area contributed by atoms with E-state index in [2.05, 4.69) is 5.32 Å². The second-order valence-corrected chi connectivity index (χ2v) is 5.34. The number of carbonyl (C=O) groups is 2. The van der Waals surface area contributed by atoms with Gasteiger partial charge in [0.05, 0.1) is 13.7 Å². The van der Waals surface area contributed by atoms with Crippen molar-refractivity contribution in [3.63, 3.8) is 0 Å². The molecule has 0 aromatic heterocycles. The lowest BCUT2D eigenvalue weighted by molar-refractivity contribution is -0.117. The van der Waals surface area contributed by atoms with Crippen molar-refractivity contribution in [2.75, 3.05) is 25.1 Å². The number of rotatable bonds is 4. The van der Waals surface area contributed by atoms with Gasteiger partial charge in [-0.1, -0.05) is 18.2 Å². The molecule has 2 aromatic rings. The van der Waals surface area contributed by atoms with Gasteiger partial charge in [-0.05, 0) is 42.3 Å². The van der Waals surface area contributed by atoms with Crippen LogP contribution in [0.3, 0.4) is 0 Å². The summed E-state index contributed by atoms with van der Waals surface area (Å²) in [6.45, 7) is 0.613. The average molecular weight is 310 g/mol. The Morgan fingerprint density at radius 2 is 1.96 bits per heavy atom. The highest BCUT2D eigenvalue weighted by Gasteiger charge is 2.25. The quantitative estimate of drug-likeness (QED) is 0.940. The molecule has 0 radical (unpaired) electrons. The lowest BCUT2D eigenvalue weighted by Gasteiger charge is -2.18. The number of benzene rings is 2. The Morgan fingerprint density at radius 1 is 1.17 bits per heavy atom. The van der Waals surface area contributed by atoms with Gasteiger partial charge in [0.1, 0.15) is 5.75 Å². The summed E-state index contributed by atoms with van der Waals surface area (Å²) < 4.78 is 5.20. The van der Waals surface area contributed by atoms with Gasteiger partial charge in [0, 0.05) is 17.8 Å². The third kappa shape index (κ3) is 3.18. The number of methoxy groups -OCH3 is 1. The summed E-state index contributed by atoms with van der Waals surface area (Å²) >= 11 is 0. The van der Waals surface area contributed by atoms with E-state index < -0.39 is 0 Å². The van der Waals surface area contributed by atoms with Gasteiger partial charge in [0.15, 0.2) is 0 Å². The Bertz CT molecular complexity index is 728. The van der Waals surface area contributed by atoms with Crippen LogP contribution in [-0.4, -0.2) is 32.0 Å². The fraction of sp³-hybridized carbons (Fsp3) is 0.222. The highest BCUT2D eigenvalue weighted by atomic mass is 16.5. The van der Waals surface area contributed by atoms with Crippen LogP contribution in [0.5, 0.6) is 5.75 Å². The van der Waals surface area contributed by atoms with Crippen molar-refractivity contribution in [3.05, 3.63) is 59.7 Å². The predicted molar refractivity (Wildman–Crippen MR) is 87.8 cm³/mol. The first-order valence-electron chi connectivity index (χ1n) is 7.49. The number of fused-ring (bicyclic) bond motifs is 1. The Morgan fingerprint density at radius 3 is 2.70 bits per heavy atom. The van der Waals surface area contributed by atoms with Crippen molar-refractivity contribution in [2.45, 2.75) is 6.42 Å². The maximum atomic E-state index is 12.4. The number of nitrogens with zero attached hydrogens (tertiary/aromatic N) is 1. The molecule has 0 unspecified atom stereocenters. The lowest BCUT2D eigenvalue weighted by Crippen LogP contribution is -2.39. The molecule has 2 amide bonds. The van der Waals surface area contributed by atoms with Crippen molar-refractivity contribution < 1.29 is 14.3 Å². The minimum absolute atomic E-state index is 0.0147. The summed E-state index contributed by atoms with van der Waals surface area (Å²) in [7, 11) is 1.62. The zero-order chi connectivity index (χ0) is 16.2. The minimum atomic E-state index is -0.242. The highest BCUT2D eigenvalue weighted by Crippen LogP contribution is 2.31. The third-order valence-corrected chi connectivity index (χ3v) is 3.92. The largest absolute Gasteiger partial charge is 0.497 e. The van der Waals surface area contributed by atoms with Crippen molar-refractivity contribution >= 4 is 17.5 Å². The Hall–Kier alpha value is -2.82. The van der Waals surface area contributed by atoms with E-state index in [9.17, 15) is 9.59 Å². The molecule has 118 valence electrons. The molecule has 1 N–H and O–H groups in total. The molecule has 2 aromatic carbocycles. The molecule has 0 fully saturated rings. The first-order valence-corrected chi connectivity index (χ1v) is 7.49. The summed E-state index contributed by atoms with van der Waals surface area (Å²) in [6.07, 6.45) is 0.797. The molecule has 23 heavy (non-hydrogen) atoms. The summed E-state index contributed by atoms with van der Waals surface area (Å²) in [6, 6.07) is 14.5. The van der Waals surface area contributed by atoms with Crippen LogP contribution in [0.2, 0.25) is 0 Å². The molecule has 0 saturated heterocycles. The monoisotopic (exact) mass is 310 g/mol. The van der Waals surface area contributed by atoms with E-state index in [0.717, 1.165) is 23.4 Å². The number of carbonyl (C=O) groups excluding carboxylic acids is 2. The van der Waals surface area contributed by atoms with Crippen LogP contribution in [0.15, 0.2) is 48.5 Å². The van der Waals surface area contributed by atoms with E-state index in [1.807, 2.05) is 24.3 Å². The number of ether oxygens (including phenoxy) is 1. The fourth-order valence-electron chi connectivity index (χ4n) is 2.71. The number of amides is 2. The molecule has 0 aliphatic carbocycles. The molecule has 0 spiro atoms. The van der Waals surface area contributed by atoms with Crippen LogP contribution < -0.4 is 15.0 Å². The molecular weight excluding hydrogens is 292 g/mol. The van der Waals surface area contributed by atoms with E-state index >= 15 is 0 Å². The van der Waals surface area contributed by atoms with Crippen LogP contribution in [-0.2, 0) is 11.2 Å². The van der Waals surface area contributed by atoms with Gasteiger partial charge in [0.25, 0.3) is 5.91 Å². The first kappa shape index (κ1) is 15.1. The molecule has 0 saturated carbocycles. The lowest BCUT2D eigenvalue weighted by atomic mass is 10.1. The van der Waals surface area contributed by atoms with E-state index in [1.165, 1.54) is 0 Å². The summed E-state index contributed by atoms with van der Waals surface area (Å²) in [5.74, 6) is 0.432. The van der Waals surface area contributed by atoms with Gasteiger partial charge >= 0.3 is 0 Å². The molecule has 3 rings (SSSR count). The number of nitrogens with one attached hydrogen (secondary N) is 1. The van der Waals surface area contributed by atoms with Crippen LogP contribution in [0, 0.1) is 0 Å². The number of anilines is 1. The van der Waals surface area contributed by atoms with Crippen molar-refractivity contribution in [2.24, 2.45) is 0 Å². The van der Waals surface area contributed by atoms with Gasteiger partial charge < -0.3 is 15.0 Å². The second-order valence-electron chi connectivity index (χ2n) is 5.34. The molecule has 1 heterocycles. The molecule has 0 atom stereocenters. The fourth-order valence-corrected chi connectivity index (χ4v) is 2.71. The van der Waals surface area contributed by atoms with Gasteiger partial charge in [-0.25, -0.2) is 0 Å². The molecular formula is C18H18N2O3. The highest BCUT2D eigenvalue weighted by molar-refractivity contribution is 6.01. The van der Waals surface area contributed by atoms with Crippen LogP contribution >= 0.6 is 0 Å². The number of hydrogen-bond acceptors (Lipinski definition) is 3. The van der Waals surface area contributed by atoms with Crippen LogP contribution in [0.25, 0.3) is 0 Å². The molecule has 5 nitrogen and oxygen atoms in total.